The van der Waals surface area contributed by atoms with E-state index < -0.39 is 0 Å². The highest BCUT2D eigenvalue weighted by molar-refractivity contribution is 6.30. The minimum absolute atomic E-state index is 0.559. The van der Waals surface area contributed by atoms with Crippen LogP contribution in [0.3, 0.4) is 0 Å². The molecule has 2 rings (SSSR count). The molecule has 3 heteroatoms. The van der Waals surface area contributed by atoms with Crippen LogP contribution in [0.1, 0.15) is 44.6 Å². The number of hydrogen-bond acceptors (Lipinski definition) is 2. The third kappa shape index (κ3) is 4.12. The summed E-state index contributed by atoms with van der Waals surface area (Å²) in [6, 6.07) is 6.35. The second-order valence-corrected chi connectivity index (χ2v) is 5.96. The Morgan fingerprint density at radius 2 is 2.05 bits per heavy atom. The normalized spacial score (nSPS) is 18.3. The fourth-order valence-corrected chi connectivity index (χ4v) is 3.15. The molecule has 0 unspecified atom stereocenters. The summed E-state index contributed by atoms with van der Waals surface area (Å²) in [7, 11) is 1.71. The first-order valence-electron chi connectivity index (χ1n) is 7.26. The average Bonchev–Trinajstić information content (AvgIpc) is 2.46. The van der Waals surface area contributed by atoms with Gasteiger partial charge in [-0.25, -0.2) is 0 Å². The molecule has 1 atom stereocenters. The zero-order valence-corrected chi connectivity index (χ0v) is 12.7. The van der Waals surface area contributed by atoms with Gasteiger partial charge in [-0.3, -0.25) is 0 Å². The van der Waals surface area contributed by atoms with Gasteiger partial charge in [-0.2, -0.15) is 0 Å². The van der Waals surface area contributed by atoms with Crippen molar-refractivity contribution in [2.24, 2.45) is 5.92 Å². The summed E-state index contributed by atoms with van der Waals surface area (Å²) in [6.45, 7) is 3.12. The van der Waals surface area contributed by atoms with Gasteiger partial charge in [-0.15, -0.1) is 0 Å². The van der Waals surface area contributed by atoms with Crippen molar-refractivity contribution in [3.05, 3.63) is 28.8 Å². The maximum absolute atomic E-state index is 6.05. The van der Waals surface area contributed by atoms with Gasteiger partial charge in [0.15, 0.2) is 0 Å². The standard InChI is InChI=1S/C16H24ClNO/c1-12(13-6-4-3-5-7-13)18-11-14-10-15(17)8-9-16(14)19-2/h8-10,12-13,18H,3-7,11H2,1-2H3/t12-/m1/s1. The van der Waals surface area contributed by atoms with Gasteiger partial charge in [0, 0.05) is 23.2 Å². The molecule has 1 aliphatic carbocycles. The first-order valence-corrected chi connectivity index (χ1v) is 7.64. The molecule has 2 nitrogen and oxygen atoms in total. The van der Waals surface area contributed by atoms with Crippen LogP contribution in [0.5, 0.6) is 5.75 Å². The molecule has 0 bridgehead atoms. The van der Waals surface area contributed by atoms with Crippen LogP contribution in [0.25, 0.3) is 0 Å². The van der Waals surface area contributed by atoms with Gasteiger partial charge >= 0.3 is 0 Å². The molecule has 1 N–H and O–H groups in total. The molecule has 0 amide bonds. The van der Waals surface area contributed by atoms with Gasteiger partial charge in [0.25, 0.3) is 0 Å². The summed E-state index contributed by atoms with van der Waals surface area (Å²) in [6.07, 6.45) is 6.90. The lowest BCUT2D eigenvalue weighted by Gasteiger charge is -2.28. The van der Waals surface area contributed by atoms with E-state index in [2.05, 4.69) is 12.2 Å². The molecule has 0 aromatic heterocycles. The van der Waals surface area contributed by atoms with Crippen molar-refractivity contribution in [2.75, 3.05) is 7.11 Å². The van der Waals surface area contributed by atoms with Crippen molar-refractivity contribution in [3.63, 3.8) is 0 Å². The van der Waals surface area contributed by atoms with E-state index in [9.17, 15) is 0 Å². The van der Waals surface area contributed by atoms with Gasteiger partial charge in [0.2, 0.25) is 0 Å². The van der Waals surface area contributed by atoms with Crippen LogP contribution in [-0.4, -0.2) is 13.2 Å². The number of methoxy groups -OCH3 is 1. The van der Waals surface area contributed by atoms with E-state index in [0.717, 1.165) is 28.8 Å². The Morgan fingerprint density at radius 3 is 2.74 bits per heavy atom. The maximum atomic E-state index is 6.05. The second kappa shape index (κ2) is 7.16. The molecule has 1 fully saturated rings. The maximum Gasteiger partial charge on any atom is 0.123 e. The molecule has 1 aromatic rings. The highest BCUT2D eigenvalue weighted by atomic mass is 35.5. The Morgan fingerprint density at radius 1 is 1.32 bits per heavy atom. The summed E-state index contributed by atoms with van der Waals surface area (Å²) in [5.41, 5.74) is 1.14. The predicted octanol–water partition coefficient (Wildman–Crippen LogP) is 4.41. The van der Waals surface area contributed by atoms with Crippen molar-refractivity contribution in [3.8, 4) is 5.75 Å². The van der Waals surface area contributed by atoms with Crippen molar-refractivity contribution in [2.45, 2.75) is 51.6 Å². The first kappa shape index (κ1) is 14.7. The fourth-order valence-electron chi connectivity index (χ4n) is 2.96. The number of hydrogen-bond donors (Lipinski definition) is 1. The van der Waals surface area contributed by atoms with Crippen molar-refractivity contribution in [1.29, 1.82) is 0 Å². The van der Waals surface area contributed by atoms with E-state index in [0.29, 0.717) is 6.04 Å². The van der Waals surface area contributed by atoms with Crippen LogP contribution in [0.15, 0.2) is 18.2 Å². The lowest BCUT2D eigenvalue weighted by molar-refractivity contribution is 0.279. The van der Waals surface area contributed by atoms with Crippen LogP contribution in [0.2, 0.25) is 5.02 Å². The van der Waals surface area contributed by atoms with Crippen LogP contribution in [-0.2, 0) is 6.54 Å². The highest BCUT2D eigenvalue weighted by Gasteiger charge is 2.19. The predicted molar refractivity (Wildman–Crippen MR) is 80.9 cm³/mol. The molecule has 19 heavy (non-hydrogen) atoms. The summed E-state index contributed by atoms with van der Waals surface area (Å²) in [5, 5.41) is 4.40. The largest absolute Gasteiger partial charge is 0.496 e. The fraction of sp³-hybridized carbons (Fsp3) is 0.625. The van der Waals surface area contributed by atoms with Gasteiger partial charge in [-0.1, -0.05) is 30.9 Å². The zero-order chi connectivity index (χ0) is 13.7. The number of rotatable bonds is 5. The molecule has 0 aliphatic heterocycles. The molecule has 0 heterocycles. The quantitative estimate of drug-likeness (QED) is 0.863. The number of halogens is 1. The van der Waals surface area contributed by atoms with Gasteiger partial charge < -0.3 is 10.1 Å². The summed E-state index contributed by atoms with van der Waals surface area (Å²) < 4.78 is 5.38. The topological polar surface area (TPSA) is 21.3 Å². The van der Waals surface area contributed by atoms with Crippen molar-refractivity contribution in [1.82, 2.24) is 5.32 Å². The lowest BCUT2D eigenvalue weighted by Crippen LogP contribution is -2.34. The van der Waals surface area contributed by atoms with Crippen molar-refractivity contribution >= 4 is 11.6 Å². The minimum Gasteiger partial charge on any atom is -0.496 e. The zero-order valence-electron chi connectivity index (χ0n) is 11.9. The molecule has 1 aliphatic rings. The number of nitrogens with one attached hydrogen (secondary N) is 1. The van der Waals surface area contributed by atoms with Crippen LogP contribution >= 0.6 is 11.6 Å². The molecule has 0 radical (unpaired) electrons. The Balaban J connectivity index is 1.92. The molecule has 0 spiro atoms. The molecular formula is C16H24ClNO. The van der Waals surface area contributed by atoms with Crippen LogP contribution in [0, 0.1) is 5.92 Å². The molecule has 1 aromatic carbocycles. The summed E-state index contributed by atoms with van der Waals surface area (Å²) in [4.78, 5) is 0. The Kier molecular flexibility index (Phi) is 5.53. The monoisotopic (exact) mass is 281 g/mol. The summed E-state index contributed by atoms with van der Waals surface area (Å²) in [5.74, 6) is 1.73. The van der Waals surface area contributed by atoms with Crippen molar-refractivity contribution < 1.29 is 4.74 Å². The number of ether oxygens (including phenoxy) is 1. The van der Waals surface area contributed by atoms with Crippen LogP contribution in [0.4, 0.5) is 0 Å². The van der Waals surface area contributed by atoms with Gasteiger partial charge in [0.05, 0.1) is 7.11 Å². The van der Waals surface area contributed by atoms with Gasteiger partial charge in [-0.05, 0) is 43.9 Å². The van der Waals surface area contributed by atoms with Gasteiger partial charge in [0.1, 0.15) is 5.75 Å². The molecule has 106 valence electrons. The van der Waals surface area contributed by atoms with E-state index in [1.807, 2.05) is 18.2 Å². The Labute approximate surface area is 121 Å². The summed E-state index contributed by atoms with van der Waals surface area (Å²) >= 11 is 6.05. The second-order valence-electron chi connectivity index (χ2n) is 5.52. The van der Waals surface area contributed by atoms with Crippen LogP contribution < -0.4 is 10.1 Å². The third-order valence-corrected chi connectivity index (χ3v) is 4.45. The smallest absolute Gasteiger partial charge is 0.123 e. The Hall–Kier alpha value is -0.730. The Bertz CT molecular complexity index is 402. The molecular weight excluding hydrogens is 258 g/mol. The number of benzene rings is 1. The average molecular weight is 282 g/mol. The van der Waals surface area contributed by atoms with E-state index >= 15 is 0 Å². The molecule has 1 saturated carbocycles. The highest BCUT2D eigenvalue weighted by Crippen LogP contribution is 2.27. The first-order chi connectivity index (χ1) is 9.20. The minimum atomic E-state index is 0.559. The van der Waals surface area contributed by atoms with E-state index in [4.69, 9.17) is 16.3 Å². The molecule has 0 saturated heterocycles. The third-order valence-electron chi connectivity index (χ3n) is 4.21. The van der Waals surface area contributed by atoms with E-state index in [1.165, 1.54) is 32.1 Å². The van der Waals surface area contributed by atoms with E-state index in [-0.39, 0.29) is 0 Å². The lowest BCUT2D eigenvalue weighted by atomic mass is 9.84. The van der Waals surface area contributed by atoms with E-state index in [1.54, 1.807) is 7.11 Å². The SMILES string of the molecule is COc1ccc(Cl)cc1CN[C@H](C)C1CCCCC1.